The highest BCUT2D eigenvalue weighted by molar-refractivity contribution is 5.81. The second kappa shape index (κ2) is 4.09. The topological polar surface area (TPSA) is 40.5 Å². The molecule has 1 N–H and O–H groups in total. The molecule has 76 valence electrons. The lowest BCUT2D eigenvalue weighted by Gasteiger charge is -2.22. The molecule has 1 fully saturated rings. The van der Waals surface area contributed by atoms with Gasteiger partial charge >= 0.3 is 0 Å². The number of carbonyl (C=O) groups is 1. The van der Waals surface area contributed by atoms with Gasteiger partial charge < -0.3 is 10.0 Å². The van der Waals surface area contributed by atoms with Gasteiger partial charge in [-0.05, 0) is 26.7 Å². The van der Waals surface area contributed by atoms with Gasteiger partial charge in [-0.2, -0.15) is 0 Å². The van der Waals surface area contributed by atoms with Crippen LogP contribution in [0.1, 0.15) is 33.6 Å². The summed E-state index contributed by atoms with van der Waals surface area (Å²) in [5.41, 5.74) is 0. The van der Waals surface area contributed by atoms with Crippen LogP contribution in [0, 0.1) is 5.92 Å². The van der Waals surface area contributed by atoms with E-state index in [1.807, 2.05) is 25.7 Å². The van der Waals surface area contributed by atoms with E-state index < -0.39 is 6.10 Å². The van der Waals surface area contributed by atoms with Crippen molar-refractivity contribution >= 4 is 5.91 Å². The zero-order chi connectivity index (χ0) is 10.0. The van der Waals surface area contributed by atoms with Crippen LogP contribution >= 0.6 is 0 Å². The van der Waals surface area contributed by atoms with Gasteiger partial charge in [0.1, 0.15) is 0 Å². The zero-order valence-corrected chi connectivity index (χ0v) is 8.66. The maximum Gasteiger partial charge on any atom is 0.228 e. The third-order valence-corrected chi connectivity index (χ3v) is 2.79. The number of hydrogen-bond donors (Lipinski definition) is 1. The quantitative estimate of drug-likeness (QED) is 0.713. The SMILES string of the molecule is CCC(O)C1CCN(C(C)C)C1=O. The van der Waals surface area contributed by atoms with E-state index in [9.17, 15) is 9.90 Å². The normalized spacial score (nSPS) is 25.8. The summed E-state index contributed by atoms with van der Waals surface area (Å²) < 4.78 is 0. The number of amides is 1. The summed E-state index contributed by atoms with van der Waals surface area (Å²) in [5.74, 6) is -0.0169. The molecular weight excluding hydrogens is 166 g/mol. The second-order valence-electron chi connectivity index (χ2n) is 4.00. The van der Waals surface area contributed by atoms with Gasteiger partial charge in [-0.1, -0.05) is 6.92 Å². The zero-order valence-electron chi connectivity index (χ0n) is 8.66. The van der Waals surface area contributed by atoms with Crippen molar-refractivity contribution in [1.82, 2.24) is 4.90 Å². The Kier molecular flexibility index (Phi) is 3.31. The molecule has 1 heterocycles. The highest BCUT2D eigenvalue weighted by Gasteiger charge is 2.36. The molecule has 0 radical (unpaired) electrons. The fraction of sp³-hybridized carbons (Fsp3) is 0.900. The van der Waals surface area contributed by atoms with Crippen LogP contribution in [0.25, 0.3) is 0 Å². The molecule has 0 spiro atoms. The van der Waals surface area contributed by atoms with Crippen molar-refractivity contribution in [3.8, 4) is 0 Å². The molecule has 2 unspecified atom stereocenters. The minimum absolute atomic E-state index is 0.129. The molecule has 1 amide bonds. The third kappa shape index (κ3) is 2.02. The number of hydrogen-bond acceptors (Lipinski definition) is 2. The van der Waals surface area contributed by atoms with Crippen LogP contribution in [-0.4, -0.2) is 34.6 Å². The van der Waals surface area contributed by atoms with Crippen LogP contribution in [0.3, 0.4) is 0 Å². The average Bonchev–Trinajstić information content (AvgIpc) is 2.46. The molecule has 1 aliphatic rings. The molecule has 1 aliphatic heterocycles. The maximum atomic E-state index is 11.7. The monoisotopic (exact) mass is 185 g/mol. The Morgan fingerprint density at radius 3 is 2.62 bits per heavy atom. The second-order valence-corrected chi connectivity index (χ2v) is 4.00. The number of rotatable bonds is 3. The van der Waals surface area contributed by atoms with Crippen molar-refractivity contribution in [1.29, 1.82) is 0 Å². The van der Waals surface area contributed by atoms with Gasteiger partial charge in [-0.15, -0.1) is 0 Å². The van der Waals surface area contributed by atoms with Gasteiger partial charge in [0.2, 0.25) is 5.91 Å². The Bertz CT molecular complexity index is 191. The first kappa shape index (κ1) is 10.5. The van der Waals surface area contributed by atoms with Crippen LogP contribution in [0.5, 0.6) is 0 Å². The van der Waals surface area contributed by atoms with Crippen molar-refractivity contribution in [2.45, 2.75) is 45.8 Å². The minimum atomic E-state index is -0.448. The molecule has 13 heavy (non-hydrogen) atoms. The Morgan fingerprint density at radius 1 is 1.62 bits per heavy atom. The standard InChI is InChI=1S/C10H19NO2/c1-4-9(12)8-5-6-11(7(2)3)10(8)13/h7-9,12H,4-6H2,1-3H3. The van der Waals surface area contributed by atoms with Crippen molar-refractivity contribution in [3.63, 3.8) is 0 Å². The first-order valence-electron chi connectivity index (χ1n) is 5.06. The number of aliphatic hydroxyl groups is 1. The molecule has 0 aliphatic carbocycles. The van der Waals surface area contributed by atoms with E-state index in [1.165, 1.54) is 0 Å². The van der Waals surface area contributed by atoms with Gasteiger partial charge in [0.25, 0.3) is 0 Å². The molecule has 1 rings (SSSR count). The van der Waals surface area contributed by atoms with Crippen molar-refractivity contribution in [2.75, 3.05) is 6.54 Å². The summed E-state index contributed by atoms with van der Waals surface area (Å²) in [6.07, 6.45) is 1.03. The predicted molar refractivity (Wildman–Crippen MR) is 51.3 cm³/mol. The van der Waals surface area contributed by atoms with E-state index in [4.69, 9.17) is 0 Å². The van der Waals surface area contributed by atoms with Crippen LogP contribution in [0.2, 0.25) is 0 Å². The molecular formula is C10H19NO2. The molecule has 3 nitrogen and oxygen atoms in total. The average molecular weight is 185 g/mol. The summed E-state index contributed by atoms with van der Waals surface area (Å²) in [5, 5.41) is 9.58. The fourth-order valence-corrected chi connectivity index (χ4v) is 1.88. The summed E-state index contributed by atoms with van der Waals surface area (Å²) in [6, 6.07) is 0.265. The maximum absolute atomic E-state index is 11.7. The lowest BCUT2D eigenvalue weighted by atomic mass is 9.99. The van der Waals surface area contributed by atoms with Crippen LogP contribution in [0.15, 0.2) is 0 Å². The van der Waals surface area contributed by atoms with E-state index >= 15 is 0 Å². The Balaban J connectivity index is 2.60. The van der Waals surface area contributed by atoms with E-state index in [1.54, 1.807) is 0 Å². The van der Waals surface area contributed by atoms with E-state index in [2.05, 4.69) is 0 Å². The van der Waals surface area contributed by atoms with Gasteiger partial charge in [0.05, 0.1) is 12.0 Å². The molecule has 3 heteroatoms. The lowest BCUT2D eigenvalue weighted by molar-refractivity contribution is -0.135. The molecule has 0 aromatic heterocycles. The minimum Gasteiger partial charge on any atom is -0.392 e. The Hall–Kier alpha value is -0.570. The number of carbonyl (C=O) groups excluding carboxylic acids is 1. The highest BCUT2D eigenvalue weighted by Crippen LogP contribution is 2.24. The van der Waals surface area contributed by atoms with Crippen LogP contribution in [-0.2, 0) is 4.79 Å². The highest BCUT2D eigenvalue weighted by atomic mass is 16.3. The molecule has 0 aromatic carbocycles. The first-order valence-corrected chi connectivity index (χ1v) is 5.06. The fourth-order valence-electron chi connectivity index (χ4n) is 1.88. The number of aliphatic hydroxyl groups excluding tert-OH is 1. The van der Waals surface area contributed by atoms with Gasteiger partial charge in [0.15, 0.2) is 0 Å². The molecule has 0 saturated carbocycles. The Labute approximate surface area is 79.7 Å². The lowest BCUT2D eigenvalue weighted by Crippen LogP contribution is -2.36. The molecule has 0 bridgehead atoms. The van der Waals surface area contributed by atoms with Crippen molar-refractivity contribution in [3.05, 3.63) is 0 Å². The van der Waals surface area contributed by atoms with Gasteiger partial charge in [-0.25, -0.2) is 0 Å². The largest absolute Gasteiger partial charge is 0.392 e. The van der Waals surface area contributed by atoms with Gasteiger partial charge in [0, 0.05) is 12.6 Å². The van der Waals surface area contributed by atoms with E-state index in [0.717, 1.165) is 13.0 Å². The van der Waals surface area contributed by atoms with E-state index in [0.29, 0.717) is 6.42 Å². The Morgan fingerprint density at radius 2 is 2.23 bits per heavy atom. The first-order chi connectivity index (χ1) is 6.07. The van der Waals surface area contributed by atoms with E-state index in [-0.39, 0.29) is 17.9 Å². The van der Waals surface area contributed by atoms with Crippen molar-refractivity contribution < 1.29 is 9.90 Å². The summed E-state index contributed by atoms with van der Waals surface area (Å²) in [4.78, 5) is 13.6. The number of nitrogens with zero attached hydrogens (tertiary/aromatic N) is 1. The smallest absolute Gasteiger partial charge is 0.228 e. The summed E-state index contributed by atoms with van der Waals surface area (Å²) in [6.45, 7) is 6.74. The predicted octanol–water partition coefficient (Wildman–Crippen LogP) is 1.01. The van der Waals surface area contributed by atoms with Crippen LogP contribution in [0.4, 0.5) is 0 Å². The molecule has 0 aromatic rings. The summed E-state index contributed by atoms with van der Waals surface area (Å²) >= 11 is 0. The van der Waals surface area contributed by atoms with Crippen LogP contribution < -0.4 is 0 Å². The number of likely N-dealkylation sites (tertiary alicyclic amines) is 1. The summed E-state index contributed by atoms with van der Waals surface area (Å²) in [7, 11) is 0. The molecule has 1 saturated heterocycles. The molecule has 2 atom stereocenters. The third-order valence-electron chi connectivity index (χ3n) is 2.79. The van der Waals surface area contributed by atoms with Gasteiger partial charge in [-0.3, -0.25) is 4.79 Å². The van der Waals surface area contributed by atoms with Crippen molar-refractivity contribution in [2.24, 2.45) is 5.92 Å².